The van der Waals surface area contributed by atoms with Gasteiger partial charge in [-0.25, -0.2) is 4.98 Å². The van der Waals surface area contributed by atoms with Crippen LogP contribution in [0.5, 0.6) is 0 Å². The number of hydrogen-bond acceptors (Lipinski definition) is 2. The molecule has 0 bridgehead atoms. The first-order valence-corrected chi connectivity index (χ1v) is 10.0. The molecule has 0 fully saturated rings. The fraction of sp³-hybridized carbons (Fsp3) is 0.0400. The van der Waals surface area contributed by atoms with E-state index >= 15 is 0 Å². The van der Waals surface area contributed by atoms with Gasteiger partial charge in [-0.05, 0) is 36.2 Å². The number of nitrogens with one attached hydrogen (secondary N) is 1. The van der Waals surface area contributed by atoms with E-state index in [1.807, 2.05) is 89.5 Å². The highest BCUT2D eigenvalue weighted by molar-refractivity contribution is 6.30. The summed E-state index contributed by atoms with van der Waals surface area (Å²) >= 11 is 6.33. The fourth-order valence-electron chi connectivity index (χ4n) is 3.92. The zero-order valence-corrected chi connectivity index (χ0v) is 17.0. The van der Waals surface area contributed by atoms with Gasteiger partial charge in [-0.3, -0.25) is 9.36 Å². The summed E-state index contributed by atoms with van der Waals surface area (Å²) in [4.78, 5) is 20.8. The van der Waals surface area contributed by atoms with Gasteiger partial charge >= 0.3 is 0 Å². The second-order valence-electron chi connectivity index (χ2n) is 7.12. The van der Waals surface area contributed by atoms with Gasteiger partial charge in [-0.2, -0.15) is 0 Å². The molecule has 5 heteroatoms. The standard InChI is InChI=1S/C25H18ClN3O/c1-16-27-24-22(25(30)28-16)21(17-9-4-2-5-10-17)23(18-11-6-3-7-12-18)29(24)20-14-8-13-19(26)15-20/h2-15H,1H3,(H,27,28,30). The molecule has 5 rings (SSSR count). The maximum atomic E-state index is 13.2. The quantitative estimate of drug-likeness (QED) is 0.395. The number of fused-ring (bicyclic) bond motifs is 1. The van der Waals surface area contributed by atoms with Crippen molar-refractivity contribution in [3.8, 4) is 28.1 Å². The number of rotatable bonds is 3. The molecular weight excluding hydrogens is 394 g/mol. The van der Waals surface area contributed by atoms with Crippen LogP contribution in [0.4, 0.5) is 0 Å². The van der Waals surface area contributed by atoms with Crippen LogP contribution in [0, 0.1) is 6.92 Å². The van der Waals surface area contributed by atoms with Gasteiger partial charge < -0.3 is 4.98 Å². The number of H-pyrrole nitrogens is 1. The van der Waals surface area contributed by atoms with Gasteiger partial charge in [0.05, 0.1) is 11.1 Å². The van der Waals surface area contributed by atoms with Crippen LogP contribution in [0.15, 0.2) is 89.7 Å². The van der Waals surface area contributed by atoms with Gasteiger partial charge in [-0.1, -0.05) is 78.3 Å². The Morgan fingerprint density at radius 2 is 1.53 bits per heavy atom. The molecule has 0 aliphatic carbocycles. The predicted octanol–water partition coefficient (Wildman–Crippen LogP) is 6.01. The van der Waals surface area contributed by atoms with Crippen molar-refractivity contribution >= 4 is 22.6 Å². The largest absolute Gasteiger partial charge is 0.310 e. The lowest BCUT2D eigenvalue weighted by atomic mass is 9.99. The zero-order chi connectivity index (χ0) is 20.7. The highest BCUT2D eigenvalue weighted by Crippen LogP contribution is 2.40. The van der Waals surface area contributed by atoms with Gasteiger partial charge in [0, 0.05) is 16.3 Å². The van der Waals surface area contributed by atoms with E-state index in [2.05, 4.69) is 4.98 Å². The monoisotopic (exact) mass is 411 g/mol. The minimum atomic E-state index is -0.158. The van der Waals surface area contributed by atoms with Gasteiger partial charge in [0.1, 0.15) is 5.82 Å². The SMILES string of the molecule is Cc1nc2c(c(-c3ccccc3)c(-c3ccccc3)n2-c2cccc(Cl)c2)c(=O)[nH]1. The molecule has 0 spiro atoms. The van der Waals surface area contributed by atoms with Crippen molar-refractivity contribution in [2.24, 2.45) is 0 Å². The topological polar surface area (TPSA) is 50.7 Å². The summed E-state index contributed by atoms with van der Waals surface area (Å²) in [6.45, 7) is 1.79. The van der Waals surface area contributed by atoms with E-state index in [4.69, 9.17) is 16.6 Å². The van der Waals surface area contributed by atoms with Crippen LogP contribution < -0.4 is 5.56 Å². The lowest BCUT2D eigenvalue weighted by Crippen LogP contribution is -2.10. The zero-order valence-electron chi connectivity index (χ0n) is 16.3. The van der Waals surface area contributed by atoms with Crippen LogP contribution in [0.25, 0.3) is 39.1 Å². The summed E-state index contributed by atoms with van der Waals surface area (Å²) in [5.41, 5.74) is 5.01. The third-order valence-corrected chi connectivity index (χ3v) is 5.35. The van der Waals surface area contributed by atoms with E-state index in [1.165, 1.54) is 0 Å². The van der Waals surface area contributed by atoms with E-state index in [0.717, 1.165) is 28.1 Å². The third kappa shape index (κ3) is 3.02. The molecule has 0 amide bonds. The Hall–Kier alpha value is -3.63. The average Bonchev–Trinajstić information content (AvgIpc) is 3.10. The summed E-state index contributed by atoms with van der Waals surface area (Å²) in [6.07, 6.45) is 0. The number of halogens is 1. The van der Waals surface area contributed by atoms with E-state index in [-0.39, 0.29) is 5.56 Å². The van der Waals surface area contributed by atoms with E-state index in [9.17, 15) is 4.79 Å². The molecule has 2 aromatic heterocycles. The van der Waals surface area contributed by atoms with Crippen molar-refractivity contribution in [2.45, 2.75) is 6.92 Å². The summed E-state index contributed by atoms with van der Waals surface area (Å²) in [7, 11) is 0. The molecule has 2 heterocycles. The predicted molar refractivity (Wildman–Crippen MR) is 122 cm³/mol. The van der Waals surface area contributed by atoms with Crippen molar-refractivity contribution < 1.29 is 0 Å². The lowest BCUT2D eigenvalue weighted by molar-refractivity contribution is 1.02. The summed E-state index contributed by atoms with van der Waals surface area (Å²) in [5.74, 6) is 0.563. The molecule has 3 aromatic carbocycles. The first-order valence-electron chi connectivity index (χ1n) is 9.65. The molecule has 30 heavy (non-hydrogen) atoms. The maximum Gasteiger partial charge on any atom is 0.261 e. The second-order valence-corrected chi connectivity index (χ2v) is 7.56. The maximum absolute atomic E-state index is 13.2. The molecule has 0 saturated heterocycles. The molecule has 0 radical (unpaired) electrons. The minimum Gasteiger partial charge on any atom is -0.310 e. The van der Waals surface area contributed by atoms with Crippen LogP contribution in [-0.2, 0) is 0 Å². The Morgan fingerprint density at radius 3 is 2.20 bits per heavy atom. The molecule has 1 N–H and O–H groups in total. The molecule has 0 aliphatic heterocycles. The number of hydrogen-bond donors (Lipinski definition) is 1. The second kappa shape index (κ2) is 7.32. The average molecular weight is 412 g/mol. The highest BCUT2D eigenvalue weighted by atomic mass is 35.5. The molecule has 0 atom stereocenters. The summed E-state index contributed by atoms with van der Waals surface area (Å²) in [6, 6.07) is 27.6. The van der Waals surface area contributed by atoms with Crippen LogP contribution >= 0.6 is 11.6 Å². The number of aromatic nitrogens is 3. The highest BCUT2D eigenvalue weighted by Gasteiger charge is 2.24. The first kappa shape index (κ1) is 18.4. The van der Waals surface area contributed by atoms with Crippen LogP contribution in [0.3, 0.4) is 0 Å². The van der Waals surface area contributed by atoms with Crippen molar-refractivity contribution in [3.05, 3.63) is 106 Å². The van der Waals surface area contributed by atoms with Crippen molar-refractivity contribution in [1.82, 2.24) is 14.5 Å². The number of benzene rings is 3. The van der Waals surface area contributed by atoms with Crippen molar-refractivity contribution in [3.63, 3.8) is 0 Å². The Morgan fingerprint density at radius 1 is 0.867 bits per heavy atom. The molecule has 0 unspecified atom stereocenters. The van der Waals surface area contributed by atoms with Gasteiger partial charge in [0.25, 0.3) is 5.56 Å². The van der Waals surface area contributed by atoms with Crippen LogP contribution in [0.2, 0.25) is 5.02 Å². The van der Waals surface area contributed by atoms with Crippen molar-refractivity contribution in [2.75, 3.05) is 0 Å². The van der Waals surface area contributed by atoms with E-state index < -0.39 is 0 Å². The van der Waals surface area contributed by atoms with E-state index in [1.54, 1.807) is 6.92 Å². The van der Waals surface area contributed by atoms with Crippen LogP contribution in [0.1, 0.15) is 5.82 Å². The van der Waals surface area contributed by atoms with Crippen LogP contribution in [-0.4, -0.2) is 14.5 Å². The Labute approximate surface area is 178 Å². The number of aromatic amines is 1. The van der Waals surface area contributed by atoms with Gasteiger partial charge in [0.15, 0.2) is 5.65 Å². The molecule has 4 nitrogen and oxygen atoms in total. The molecule has 5 aromatic rings. The van der Waals surface area contributed by atoms with Crippen molar-refractivity contribution in [1.29, 1.82) is 0 Å². The fourth-order valence-corrected chi connectivity index (χ4v) is 4.10. The normalized spacial score (nSPS) is 11.1. The molecular formula is C25H18ClN3O. The summed E-state index contributed by atoms with van der Waals surface area (Å²) < 4.78 is 2.03. The summed E-state index contributed by atoms with van der Waals surface area (Å²) in [5, 5.41) is 1.18. The minimum absolute atomic E-state index is 0.158. The Kier molecular flexibility index (Phi) is 4.49. The third-order valence-electron chi connectivity index (χ3n) is 5.12. The Balaban J connectivity index is 2.04. The van der Waals surface area contributed by atoms with Gasteiger partial charge in [-0.15, -0.1) is 0 Å². The first-order chi connectivity index (χ1) is 14.6. The van der Waals surface area contributed by atoms with Gasteiger partial charge in [0.2, 0.25) is 0 Å². The number of aryl methyl sites for hydroxylation is 1. The smallest absolute Gasteiger partial charge is 0.261 e. The molecule has 146 valence electrons. The Bertz CT molecular complexity index is 1420. The molecule has 0 aliphatic rings. The number of nitrogens with zero attached hydrogens (tertiary/aromatic N) is 2. The van der Waals surface area contributed by atoms with E-state index in [0.29, 0.717) is 21.9 Å². The lowest BCUT2D eigenvalue weighted by Gasteiger charge is -2.13. The molecule has 0 saturated carbocycles.